The number of nitrogens with one attached hydrogen (secondary N) is 4. The number of urea groups is 1. The molecule has 1 aromatic rings. The molecule has 1 saturated heterocycles. The Kier molecular flexibility index (Phi) is 15.6. The number of rotatable bonds is 16. The van der Waals surface area contributed by atoms with Crippen LogP contribution < -0.4 is 26.6 Å². The van der Waals surface area contributed by atoms with Gasteiger partial charge in [-0.3, -0.25) is 19.2 Å². The molecule has 0 saturated carbocycles. The lowest BCUT2D eigenvalue weighted by molar-refractivity contribution is -0.674. The van der Waals surface area contributed by atoms with Gasteiger partial charge in [0.25, 0.3) is 5.91 Å². The Labute approximate surface area is 292 Å². The molecule has 1 fully saturated rings. The van der Waals surface area contributed by atoms with Gasteiger partial charge in [0.2, 0.25) is 17.6 Å². The molecular weight excluding hydrogens is 648 g/mol. The molecule has 1 heterocycles. The highest BCUT2D eigenvalue weighted by atomic mass is 32.2. The van der Waals surface area contributed by atoms with Crippen LogP contribution in [0.1, 0.15) is 72.8 Å². The highest BCUT2D eigenvalue weighted by Crippen LogP contribution is 2.26. The van der Waals surface area contributed by atoms with Gasteiger partial charge < -0.3 is 36.0 Å². The number of amides is 5. The fraction of sp³-hybridized carbons (Fsp3) is 0.571. The highest BCUT2D eigenvalue weighted by molar-refractivity contribution is 7.79. The predicted octanol–water partition coefficient (Wildman–Crippen LogP) is 1.22. The summed E-state index contributed by atoms with van der Waals surface area (Å²) in [5, 5.41) is 12.9. The first-order valence-electron chi connectivity index (χ1n) is 16.5. The summed E-state index contributed by atoms with van der Waals surface area (Å²) in [6.45, 7) is 16.1. The van der Waals surface area contributed by atoms with Gasteiger partial charge >= 0.3 is 6.03 Å². The van der Waals surface area contributed by atoms with Crippen LogP contribution in [0.3, 0.4) is 0 Å². The quantitative estimate of drug-likeness (QED) is 0.0646. The van der Waals surface area contributed by atoms with Crippen molar-refractivity contribution < 1.29 is 38.1 Å². The SMILES string of the molecule is C#CCCC(NC(=O)[C@@H]1CCCN1C(=O)[C@@H](NC(=O)N[C@H](C[NH2+]Cc1ccccc1S(=O)O)C(C)(C)C)C(C)(C)C)C(=O)C(=O)NCC=C. The number of terminal acetylenes is 1. The Morgan fingerprint density at radius 3 is 2.37 bits per heavy atom. The second-order valence-electron chi connectivity index (χ2n) is 14.3. The number of nitrogens with two attached hydrogens (primary N) is 1. The first-order chi connectivity index (χ1) is 22.9. The molecule has 5 amide bonds. The summed E-state index contributed by atoms with van der Waals surface area (Å²) in [6.07, 6.45) is 7.88. The van der Waals surface area contributed by atoms with E-state index in [0.717, 1.165) is 0 Å². The summed E-state index contributed by atoms with van der Waals surface area (Å²) in [4.78, 5) is 67.9. The Bertz CT molecular complexity index is 1430. The summed E-state index contributed by atoms with van der Waals surface area (Å²) in [5.74, 6) is -0.318. The molecule has 2 rings (SSSR count). The van der Waals surface area contributed by atoms with Crippen LogP contribution in [-0.2, 0) is 36.8 Å². The Morgan fingerprint density at radius 2 is 1.78 bits per heavy atom. The number of benzene rings is 1. The molecule has 14 heteroatoms. The number of hydrogen-bond donors (Lipinski definition) is 6. The van der Waals surface area contributed by atoms with E-state index in [0.29, 0.717) is 36.4 Å². The zero-order chi connectivity index (χ0) is 36.9. The molecule has 1 aliphatic heterocycles. The molecule has 2 unspecified atom stereocenters. The van der Waals surface area contributed by atoms with Gasteiger partial charge in [0, 0.05) is 25.1 Å². The molecule has 270 valence electrons. The maximum Gasteiger partial charge on any atom is 0.315 e. The Balaban J connectivity index is 2.17. The fourth-order valence-electron chi connectivity index (χ4n) is 5.50. The number of nitrogens with zero attached hydrogens (tertiary/aromatic N) is 1. The van der Waals surface area contributed by atoms with Crippen LogP contribution in [0.2, 0.25) is 0 Å². The summed E-state index contributed by atoms with van der Waals surface area (Å²) < 4.78 is 21.3. The second kappa shape index (κ2) is 18.6. The number of likely N-dealkylation sites (tertiary alicyclic amines) is 1. The number of quaternary nitrogens is 1. The van der Waals surface area contributed by atoms with Crippen molar-refractivity contribution in [2.24, 2.45) is 10.8 Å². The lowest BCUT2D eigenvalue weighted by atomic mass is 9.85. The molecule has 0 bridgehead atoms. The molecule has 5 atom stereocenters. The third kappa shape index (κ3) is 12.4. The molecule has 49 heavy (non-hydrogen) atoms. The van der Waals surface area contributed by atoms with Gasteiger partial charge in [0.1, 0.15) is 18.6 Å². The molecule has 0 aliphatic carbocycles. The van der Waals surface area contributed by atoms with Crippen molar-refractivity contribution in [1.82, 2.24) is 26.2 Å². The maximum atomic E-state index is 14.0. The molecule has 7 N–H and O–H groups in total. The van der Waals surface area contributed by atoms with Gasteiger partial charge in [-0.25, -0.2) is 9.00 Å². The van der Waals surface area contributed by atoms with E-state index < -0.39 is 64.2 Å². The van der Waals surface area contributed by atoms with E-state index in [1.807, 2.05) is 46.9 Å². The number of hydrogen-bond acceptors (Lipinski definition) is 6. The zero-order valence-electron chi connectivity index (χ0n) is 29.5. The van der Waals surface area contributed by atoms with Crippen LogP contribution in [0, 0.1) is 23.2 Å². The van der Waals surface area contributed by atoms with Crippen LogP contribution in [0.4, 0.5) is 4.79 Å². The van der Waals surface area contributed by atoms with E-state index in [-0.39, 0.29) is 37.4 Å². The summed E-state index contributed by atoms with van der Waals surface area (Å²) in [7, 11) is 0. The highest BCUT2D eigenvalue weighted by Gasteiger charge is 2.43. The fourth-order valence-corrected chi connectivity index (χ4v) is 6.07. The molecule has 0 radical (unpaired) electrons. The Morgan fingerprint density at radius 1 is 1.10 bits per heavy atom. The molecule has 13 nitrogen and oxygen atoms in total. The molecular formula is C35H53N6O7S+. The van der Waals surface area contributed by atoms with Crippen molar-refractivity contribution in [3.05, 3.63) is 42.5 Å². The lowest BCUT2D eigenvalue weighted by Gasteiger charge is -2.36. The smallest absolute Gasteiger partial charge is 0.315 e. The van der Waals surface area contributed by atoms with E-state index in [1.165, 1.54) is 11.0 Å². The van der Waals surface area contributed by atoms with E-state index in [4.69, 9.17) is 6.42 Å². The van der Waals surface area contributed by atoms with Crippen molar-refractivity contribution in [3.63, 3.8) is 0 Å². The van der Waals surface area contributed by atoms with Crippen LogP contribution in [0.5, 0.6) is 0 Å². The topological polar surface area (TPSA) is 191 Å². The number of carbonyl (C=O) groups excluding carboxylic acids is 5. The lowest BCUT2D eigenvalue weighted by Crippen LogP contribution is -2.87. The molecule has 0 spiro atoms. The first-order valence-corrected chi connectivity index (χ1v) is 17.6. The van der Waals surface area contributed by atoms with Gasteiger partial charge in [-0.05, 0) is 36.2 Å². The second-order valence-corrected chi connectivity index (χ2v) is 15.2. The summed E-state index contributed by atoms with van der Waals surface area (Å²) in [6, 6.07) is 2.91. The standard InChI is InChI=1S/C35H52N6O7S/c1-9-11-16-24(28(42)31(44)37-19-10-2)38-30(43)25-17-14-20-41(25)32(45)29(35(6,7)8)40-33(46)39-27(34(3,4)5)22-36-21-23-15-12-13-18-26(23)49(47)48/h1,10,12-13,15,18,24-25,27,29,36H,2,11,14,16-17,19-22H2,3-8H3,(H,37,44)(H,38,43)(H,47,48)(H2,39,40,46)/p+1/t24?,25-,27+,29+/m0/s1. The van der Waals surface area contributed by atoms with Crippen LogP contribution in [-0.4, -0.2) is 87.0 Å². The van der Waals surface area contributed by atoms with Crippen molar-refractivity contribution in [1.29, 1.82) is 0 Å². The number of carbonyl (C=O) groups is 5. The molecule has 1 aliphatic rings. The van der Waals surface area contributed by atoms with Gasteiger partial charge in [0.15, 0.2) is 11.1 Å². The van der Waals surface area contributed by atoms with E-state index in [2.05, 4.69) is 33.8 Å². The van der Waals surface area contributed by atoms with Gasteiger partial charge in [-0.1, -0.05) is 65.8 Å². The van der Waals surface area contributed by atoms with E-state index in [9.17, 15) is 32.7 Å². The van der Waals surface area contributed by atoms with Gasteiger partial charge in [0.05, 0.1) is 23.5 Å². The molecule has 1 aromatic carbocycles. The Hall–Kier alpha value is -4.06. The molecule has 0 aromatic heterocycles. The van der Waals surface area contributed by atoms with Crippen molar-refractivity contribution >= 4 is 40.6 Å². The largest absolute Gasteiger partial charge is 0.346 e. The maximum absolute atomic E-state index is 14.0. The van der Waals surface area contributed by atoms with Crippen LogP contribution >= 0.6 is 0 Å². The predicted molar refractivity (Wildman–Crippen MR) is 187 cm³/mol. The normalized spacial score (nSPS) is 17.1. The summed E-state index contributed by atoms with van der Waals surface area (Å²) >= 11 is -2.12. The minimum Gasteiger partial charge on any atom is -0.346 e. The minimum absolute atomic E-state index is 0.0510. The minimum atomic E-state index is -2.12. The monoisotopic (exact) mass is 701 g/mol. The number of Topliss-reactive ketones (excluding diaryl/α,β-unsaturated/α-hetero) is 1. The van der Waals surface area contributed by atoms with Crippen LogP contribution in [0.15, 0.2) is 41.8 Å². The van der Waals surface area contributed by atoms with Crippen molar-refractivity contribution in [3.8, 4) is 12.3 Å². The van der Waals surface area contributed by atoms with E-state index in [1.54, 1.807) is 24.3 Å². The average Bonchev–Trinajstić information content (AvgIpc) is 3.53. The third-order valence-corrected chi connectivity index (χ3v) is 9.12. The first kappa shape index (κ1) is 41.1. The van der Waals surface area contributed by atoms with Gasteiger partial charge in [-0.15, -0.1) is 18.9 Å². The third-order valence-electron chi connectivity index (χ3n) is 8.35. The zero-order valence-corrected chi connectivity index (χ0v) is 30.3. The van der Waals surface area contributed by atoms with Crippen molar-refractivity contribution in [2.45, 2.75) is 103 Å². The van der Waals surface area contributed by atoms with Crippen LogP contribution in [0.25, 0.3) is 0 Å². The van der Waals surface area contributed by atoms with Crippen molar-refractivity contribution in [2.75, 3.05) is 19.6 Å². The summed E-state index contributed by atoms with van der Waals surface area (Å²) in [5.41, 5.74) is -0.395. The van der Waals surface area contributed by atoms with E-state index >= 15 is 0 Å². The van der Waals surface area contributed by atoms with Gasteiger partial charge in [-0.2, -0.15) is 0 Å². The average molecular weight is 702 g/mol. The number of ketones is 1.